The van der Waals surface area contributed by atoms with Crippen molar-refractivity contribution in [2.75, 3.05) is 32.7 Å². The van der Waals surface area contributed by atoms with Crippen molar-refractivity contribution in [3.05, 3.63) is 24.3 Å². The number of anilines is 1. The first-order chi connectivity index (χ1) is 9.94. The van der Waals surface area contributed by atoms with Gasteiger partial charge in [0.2, 0.25) is 0 Å². The summed E-state index contributed by atoms with van der Waals surface area (Å²) in [7, 11) is 5.36. The van der Waals surface area contributed by atoms with Crippen LogP contribution in [0.3, 0.4) is 0 Å². The van der Waals surface area contributed by atoms with Gasteiger partial charge in [0, 0.05) is 31.9 Å². The van der Waals surface area contributed by atoms with Crippen LogP contribution in [0, 0.1) is 0 Å². The van der Waals surface area contributed by atoms with Crippen LogP contribution < -0.4 is 15.0 Å². The van der Waals surface area contributed by atoms with E-state index in [0.29, 0.717) is 6.04 Å². The molecule has 0 aliphatic heterocycles. The number of esters is 1. The molecule has 2 rings (SSSR count). The molecule has 1 aromatic rings. The van der Waals surface area contributed by atoms with Gasteiger partial charge < -0.3 is 14.4 Å². The zero-order valence-corrected chi connectivity index (χ0v) is 13.2. The smallest absolute Gasteiger partial charge is 0.329 e. The summed E-state index contributed by atoms with van der Waals surface area (Å²) in [6.07, 6.45) is 2.20. The first-order valence-corrected chi connectivity index (χ1v) is 7.21. The maximum Gasteiger partial charge on any atom is 0.329 e. The van der Waals surface area contributed by atoms with Crippen molar-refractivity contribution in [2.24, 2.45) is 0 Å². The maximum atomic E-state index is 12.0. The highest BCUT2D eigenvalue weighted by atomic mass is 16.5. The highest BCUT2D eigenvalue weighted by Gasteiger charge is 2.40. The van der Waals surface area contributed by atoms with Crippen molar-refractivity contribution in [2.45, 2.75) is 31.3 Å². The molecule has 5 heteroatoms. The van der Waals surface area contributed by atoms with E-state index in [1.807, 2.05) is 50.2 Å². The molecule has 0 radical (unpaired) electrons. The Kier molecular flexibility index (Phi) is 4.73. The summed E-state index contributed by atoms with van der Waals surface area (Å²) in [5.41, 5.74) is 0.242. The summed E-state index contributed by atoms with van der Waals surface area (Å²) in [4.78, 5) is 14.0. The zero-order chi connectivity index (χ0) is 15.5. The fourth-order valence-corrected chi connectivity index (χ4v) is 2.14. The largest absolute Gasteiger partial charge is 0.491 e. The number of carbonyl (C=O) groups is 1. The van der Waals surface area contributed by atoms with Gasteiger partial charge in [-0.05, 0) is 31.9 Å². The molecule has 21 heavy (non-hydrogen) atoms. The summed E-state index contributed by atoms with van der Waals surface area (Å²) in [6.45, 7) is 2.07. The van der Waals surface area contributed by atoms with Crippen molar-refractivity contribution in [1.29, 1.82) is 0 Å². The summed E-state index contributed by atoms with van der Waals surface area (Å²) >= 11 is 0. The van der Waals surface area contributed by atoms with E-state index in [1.165, 1.54) is 7.11 Å². The molecule has 0 aromatic heterocycles. The molecule has 0 amide bonds. The Morgan fingerprint density at radius 1 is 1.43 bits per heavy atom. The Bertz CT molecular complexity index is 500. The van der Waals surface area contributed by atoms with Crippen molar-refractivity contribution >= 4 is 11.7 Å². The second-order valence-electron chi connectivity index (χ2n) is 5.92. The third-order valence-corrected chi connectivity index (χ3v) is 3.60. The Labute approximate surface area is 126 Å². The summed E-state index contributed by atoms with van der Waals surface area (Å²) in [5, 5.41) is 3.32. The van der Waals surface area contributed by atoms with Gasteiger partial charge in [-0.15, -0.1) is 0 Å². The van der Waals surface area contributed by atoms with Gasteiger partial charge in [0.25, 0.3) is 0 Å². The van der Waals surface area contributed by atoms with Crippen molar-refractivity contribution < 1.29 is 14.3 Å². The van der Waals surface area contributed by atoms with Gasteiger partial charge in [0.15, 0.2) is 0 Å². The third-order valence-electron chi connectivity index (χ3n) is 3.60. The molecule has 0 heterocycles. The minimum atomic E-state index is -0.815. The molecule has 0 spiro atoms. The fourth-order valence-electron chi connectivity index (χ4n) is 2.14. The fraction of sp³-hybridized carbons (Fsp3) is 0.562. The second-order valence-corrected chi connectivity index (χ2v) is 5.92. The average molecular weight is 292 g/mol. The van der Waals surface area contributed by atoms with E-state index in [9.17, 15) is 4.79 Å². The molecule has 5 nitrogen and oxygen atoms in total. The highest BCUT2D eigenvalue weighted by molar-refractivity contribution is 5.80. The van der Waals surface area contributed by atoms with Gasteiger partial charge in [0.1, 0.15) is 17.9 Å². The molecule has 1 N–H and O–H groups in total. The number of methoxy groups -OCH3 is 1. The van der Waals surface area contributed by atoms with Crippen LogP contribution in [0.25, 0.3) is 0 Å². The van der Waals surface area contributed by atoms with Crippen molar-refractivity contribution in [3.8, 4) is 5.75 Å². The van der Waals surface area contributed by atoms with E-state index in [1.54, 1.807) is 0 Å². The van der Waals surface area contributed by atoms with Crippen LogP contribution >= 0.6 is 0 Å². The van der Waals surface area contributed by atoms with E-state index in [2.05, 4.69) is 5.32 Å². The minimum absolute atomic E-state index is 0.243. The van der Waals surface area contributed by atoms with Gasteiger partial charge in [0.05, 0.1) is 7.11 Å². The van der Waals surface area contributed by atoms with E-state index in [-0.39, 0.29) is 12.6 Å². The molecule has 1 aliphatic carbocycles. The molecule has 0 saturated heterocycles. The molecular weight excluding hydrogens is 268 g/mol. The molecule has 1 aromatic carbocycles. The van der Waals surface area contributed by atoms with E-state index in [0.717, 1.165) is 24.3 Å². The summed E-state index contributed by atoms with van der Waals surface area (Å²) in [5.74, 6) is 0.451. The number of ether oxygens (including phenoxy) is 2. The average Bonchev–Trinajstić information content (AvgIpc) is 3.28. The van der Waals surface area contributed by atoms with Crippen LogP contribution in [-0.4, -0.2) is 45.4 Å². The lowest BCUT2D eigenvalue weighted by molar-refractivity contribution is -0.149. The topological polar surface area (TPSA) is 50.8 Å². The standard InChI is InChI=1S/C16H24N2O3/c1-16(15(19)20-4,17-12-8-9-12)11-21-14-7-5-6-13(10-14)18(2)3/h5-7,10,12,17H,8-9,11H2,1-4H3. The van der Waals surface area contributed by atoms with Crippen LogP contribution in [0.5, 0.6) is 5.75 Å². The first-order valence-electron chi connectivity index (χ1n) is 7.21. The van der Waals surface area contributed by atoms with Crippen LogP contribution in [0.2, 0.25) is 0 Å². The van der Waals surface area contributed by atoms with E-state index >= 15 is 0 Å². The lowest BCUT2D eigenvalue weighted by atomic mass is 10.0. The molecule has 1 aliphatic rings. The normalized spacial score (nSPS) is 17.0. The molecule has 1 saturated carbocycles. The van der Waals surface area contributed by atoms with E-state index in [4.69, 9.17) is 9.47 Å². The summed E-state index contributed by atoms with van der Waals surface area (Å²) in [6, 6.07) is 8.19. The Morgan fingerprint density at radius 3 is 2.71 bits per heavy atom. The number of hydrogen-bond donors (Lipinski definition) is 1. The third kappa shape index (κ3) is 4.11. The monoisotopic (exact) mass is 292 g/mol. The number of carbonyl (C=O) groups excluding carboxylic acids is 1. The first kappa shape index (κ1) is 15.6. The molecular formula is C16H24N2O3. The second kappa shape index (κ2) is 6.35. The minimum Gasteiger partial charge on any atom is -0.491 e. The number of hydrogen-bond acceptors (Lipinski definition) is 5. The quantitative estimate of drug-likeness (QED) is 0.777. The molecule has 116 valence electrons. The molecule has 1 fully saturated rings. The van der Waals surface area contributed by atoms with Crippen LogP contribution in [0.4, 0.5) is 5.69 Å². The molecule has 1 unspecified atom stereocenters. The van der Waals surface area contributed by atoms with Gasteiger partial charge in [-0.3, -0.25) is 5.32 Å². The van der Waals surface area contributed by atoms with Gasteiger partial charge in [-0.1, -0.05) is 6.07 Å². The zero-order valence-electron chi connectivity index (χ0n) is 13.2. The number of benzene rings is 1. The predicted octanol–water partition coefficient (Wildman–Crippen LogP) is 1.82. The van der Waals surface area contributed by atoms with Crippen molar-refractivity contribution in [3.63, 3.8) is 0 Å². The lowest BCUT2D eigenvalue weighted by Crippen LogP contribution is -2.55. The number of rotatable bonds is 7. The summed E-state index contributed by atoms with van der Waals surface area (Å²) < 4.78 is 10.7. The van der Waals surface area contributed by atoms with Crippen LogP contribution in [0.15, 0.2) is 24.3 Å². The Hall–Kier alpha value is -1.75. The van der Waals surface area contributed by atoms with Gasteiger partial charge >= 0.3 is 5.97 Å². The van der Waals surface area contributed by atoms with E-state index < -0.39 is 5.54 Å². The van der Waals surface area contributed by atoms with Crippen molar-refractivity contribution in [1.82, 2.24) is 5.32 Å². The SMILES string of the molecule is COC(=O)C(C)(COc1cccc(N(C)C)c1)NC1CC1. The molecule has 0 bridgehead atoms. The predicted molar refractivity (Wildman–Crippen MR) is 82.8 cm³/mol. The van der Waals surface area contributed by atoms with Gasteiger partial charge in [-0.2, -0.15) is 0 Å². The lowest BCUT2D eigenvalue weighted by Gasteiger charge is -2.28. The molecule has 1 atom stereocenters. The Morgan fingerprint density at radius 2 is 2.14 bits per heavy atom. The van der Waals surface area contributed by atoms with Crippen LogP contribution in [0.1, 0.15) is 19.8 Å². The number of nitrogens with one attached hydrogen (secondary N) is 1. The van der Waals surface area contributed by atoms with Crippen LogP contribution in [-0.2, 0) is 9.53 Å². The van der Waals surface area contributed by atoms with Gasteiger partial charge in [-0.25, -0.2) is 4.79 Å². The maximum absolute atomic E-state index is 12.0. The number of nitrogens with zero attached hydrogens (tertiary/aromatic N) is 1. The highest BCUT2D eigenvalue weighted by Crippen LogP contribution is 2.25. The Balaban J connectivity index is 2.03.